The Balaban J connectivity index is 2.80. The van der Waals surface area contributed by atoms with Crippen molar-refractivity contribution >= 4 is 5.91 Å². The van der Waals surface area contributed by atoms with Crippen LogP contribution >= 0.6 is 0 Å². The fourth-order valence-corrected chi connectivity index (χ4v) is 1.31. The Bertz CT molecular complexity index is 222. The summed E-state index contributed by atoms with van der Waals surface area (Å²) in [5.74, 6) is -0.0417. The largest absolute Gasteiger partial charge is 0.314 e. The highest BCUT2D eigenvalue weighted by Crippen LogP contribution is 2.38. The Hall–Kier alpha value is -0.610. The van der Waals surface area contributed by atoms with Crippen molar-refractivity contribution in [2.75, 3.05) is 7.05 Å². The van der Waals surface area contributed by atoms with Crippen molar-refractivity contribution in [1.82, 2.24) is 9.96 Å². The van der Waals surface area contributed by atoms with Gasteiger partial charge in [0.2, 0.25) is 0 Å². The Labute approximate surface area is 72.7 Å². The van der Waals surface area contributed by atoms with E-state index in [2.05, 4.69) is 0 Å². The number of nitrogens with zero attached hydrogens (tertiary/aromatic N) is 2. The number of hydrogen-bond donors (Lipinski definition) is 1. The van der Waals surface area contributed by atoms with E-state index < -0.39 is 11.2 Å². The van der Waals surface area contributed by atoms with E-state index in [1.807, 2.05) is 20.8 Å². The number of rotatable bonds is 1. The smallest absolute Gasteiger partial charge is 0.267 e. The zero-order valence-electron chi connectivity index (χ0n) is 8.25. The molecule has 1 fully saturated rings. The molecule has 1 saturated heterocycles. The van der Waals surface area contributed by atoms with Crippen LogP contribution in [-0.4, -0.2) is 39.3 Å². The summed E-state index contributed by atoms with van der Waals surface area (Å²) in [4.78, 5) is 12.7. The van der Waals surface area contributed by atoms with Crippen molar-refractivity contribution < 1.29 is 10.0 Å². The minimum absolute atomic E-state index is 0.0417. The lowest BCUT2D eigenvalue weighted by Crippen LogP contribution is -2.48. The molecule has 4 nitrogen and oxygen atoms in total. The first-order valence-corrected chi connectivity index (χ1v) is 4.00. The number of hydroxylamine groups is 2. The molecule has 1 aliphatic heterocycles. The van der Waals surface area contributed by atoms with Gasteiger partial charge in [-0.15, -0.1) is 0 Å². The fourth-order valence-electron chi connectivity index (χ4n) is 1.31. The van der Waals surface area contributed by atoms with E-state index in [-0.39, 0.29) is 5.91 Å². The number of carbonyl (C=O) groups excluding carboxylic acids is 1. The average molecular weight is 172 g/mol. The van der Waals surface area contributed by atoms with Gasteiger partial charge >= 0.3 is 0 Å². The predicted octanol–water partition coefficient (Wildman–Crippen LogP) is 0.664. The van der Waals surface area contributed by atoms with Gasteiger partial charge in [-0.3, -0.25) is 4.79 Å². The molecule has 0 bridgehead atoms. The molecule has 0 aromatic carbocycles. The monoisotopic (exact) mass is 172 g/mol. The first-order chi connectivity index (χ1) is 5.22. The first kappa shape index (κ1) is 9.48. The second-order valence-corrected chi connectivity index (χ2v) is 4.37. The fraction of sp³-hybridized carbons (Fsp3) is 0.875. The van der Waals surface area contributed by atoms with Crippen LogP contribution < -0.4 is 0 Å². The molecule has 1 atom stereocenters. The van der Waals surface area contributed by atoms with E-state index in [9.17, 15) is 10.0 Å². The summed E-state index contributed by atoms with van der Waals surface area (Å²) >= 11 is 0. The molecule has 0 aliphatic carbocycles. The molecule has 1 unspecified atom stereocenters. The second-order valence-electron chi connectivity index (χ2n) is 4.37. The van der Waals surface area contributed by atoms with Crippen LogP contribution in [0.1, 0.15) is 27.7 Å². The molecule has 1 aliphatic rings. The van der Waals surface area contributed by atoms with E-state index in [1.54, 1.807) is 14.0 Å². The Morgan fingerprint density at radius 3 is 1.92 bits per heavy atom. The van der Waals surface area contributed by atoms with Gasteiger partial charge in [-0.25, -0.2) is 0 Å². The minimum Gasteiger partial charge on any atom is -0.314 e. The third-order valence-electron chi connectivity index (χ3n) is 2.36. The van der Waals surface area contributed by atoms with Gasteiger partial charge in [0.15, 0.2) is 5.66 Å². The van der Waals surface area contributed by atoms with Crippen LogP contribution in [0.5, 0.6) is 0 Å². The molecular weight excluding hydrogens is 156 g/mol. The van der Waals surface area contributed by atoms with Gasteiger partial charge in [-0.2, -0.15) is 5.06 Å². The van der Waals surface area contributed by atoms with Gasteiger partial charge in [0, 0.05) is 12.6 Å². The van der Waals surface area contributed by atoms with Crippen LogP contribution in [0, 0.1) is 0 Å². The van der Waals surface area contributed by atoms with Gasteiger partial charge in [0.05, 0.1) is 0 Å². The van der Waals surface area contributed by atoms with Gasteiger partial charge in [0.1, 0.15) is 0 Å². The van der Waals surface area contributed by atoms with Crippen molar-refractivity contribution in [3.8, 4) is 0 Å². The summed E-state index contributed by atoms with van der Waals surface area (Å²) in [6.07, 6.45) is 0. The molecule has 1 N–H and O–H groups in total. The third kappa shape index (κ3) is 1.03. The molecule has 0 radical (unpaired) electrons. The molecule has 4 heteroatoms. The molecule has 0 aromatic rings. The summed E-state index contributed by atoms with van der Waals surface area (Å²) < 4.78 is 0. The quantitative estimate of drug-likeness (QED) is 0.467. The first-order valence-electron chi connectivity index (χ1n) is 4.00. The van der Waals surface area contributed by atoms with E-state index in [0.29, 0.717) is 0 Å². The lowest BCUT2D eigenvalue weighted by atomic mass is 10.1. The summed E-state index contributed by atoms with van der Waals surface area (Å²) in [6, 6.07) is 0. The van der Waals surface area contributed by atoms with E-state index in [1.165, 1.54) is 4.90 Å². The van der Waals surface area contributed by atoms with E-state index >= 15 is 0 Å². The summed E-state index contributed by atoms with van der Waals surface area (Å²) in [5, 5.41) is 10.8. The maximum absolute atomic E-state index is 11.2. The van der Waals surface area contributed by atoms with Crippen LogP contribution in [0.4, 0.5) is 0 Å². The lowest BCUT2D eigenvalue weighted by Gasteiger charge is -2.32. The van der Waals surface area contributed by atoms with Crippen LogP contribution in [0.15, 0.2) is 0 Å². The molecule has 70 valence electrons. The summed E-state index contributed by atoms with van der Waals surface area (Å²) in [7, 11) is 1.68. The normalized spacial score (nSPS) is 29.9. The van der Waals surface area contributed by atoms with Crippen molar-refractivity contribution in [2.24, 2.45) is 0 Å². The van der Waals surface area contributed by atoms with Gasteiger partial charge < -0.3 is 10.1 Å². The molecule has 12 heavy (non-hydrogen) atoms. The van der Waals surface area contributed by atoms with Crippen molar-refractivity contribution in [3.05, 3.63) is 0 Å². The van der Waals surface area contributed by atoms with Crippen LogP contribution in [0.25, 0.3) is 0 Å². The van der Waals surface area contributed by atoms with Crippen molar-refractivity contribution in [3.63, 3.8) is 0 Å². The van der Waals surface area contributed by atoms with Crippen LogP contribution in [0.3, 0.4) is 0 Å². The number of amides is 1. The standard InChI is InChI=1S/C8H16N2O2/c1-7(2,3)10(12)8(4)6(11)9(8)5/h12H,1-5H3. The molecule has 1 amide bonds. The highest BCUT2D eigenvalue weighted by atomic mass is 16.5. The van der Waals surface area contributed by atoms with E-state index in [4.69, 9.17) is 0 Å². The Kier molecular flexibility index (Phi) is 1.74. The molecule has 1 rings (SSSR count). The molecule has 0 spiro atoms. The average Bonchev–Trinajstić information content (AvgIpc) is 2.39. The van der Waals surface area contributed by atoms with Gasteiger partial charge in [-0.05, 0) is 27.7 Å². The maximum atomic E-state index is 11.2. The molecule has 0 aromatic heterocycles. The highest BCUT2D eigenvalue weighted by molar-refractivity contribution is 6.00. The molecular formula is C8H16N2O2. The van der Waals surface area contributed by atoms with Crippen molar-refractivity contribution in [2.45, 2.75) is 38.9 Å². The van der Waals surface area contributed by atoms with E-state index in [0.717, 1.165) is 5.06 Å². The molecule has 1 heterocycles. The minimum atomic E-state index is -0.807. The topological polar surface area (TPSA) is 43.5 Å². The van der Waals surface area contributed by atoms with Gasteiger partial charge in [0.25, 0.3) is 5.91 Å². The number of likely N-dealkylation sites (N-methyl/N-ethyl adjacent to an activating group) is 1. The van der Waals surface area contributed by atoms with Crippen molar-refractivity contribution in [1.29, 1.82) is 0 Å². The lowest BCUT2D eigenvalue weighted by molar-refractivity contribution is -0.204. The van der Waals surface area contributed by atoms with Gasteiger partial charge in [-0.1, -0.05) is 0 Å². The van der Waals surface area contributed by atoms with Crippen LogP contribution in [0.2, 0.25) is 0 Å². The Morgan fingerprint density at radius 2 is 1.83 bits per heavy atom. The maximum Gasteiger partial charge on any atom is 0.267 e. The number of carbonyl (C=O) groups is 1. The Morgan fingerprint density at radius 1 is 1.50 bits per heavy atom. The van der Waals surface area contributed by atoms with Crippen LogP contribution in [-0.2, 0) is 4.79 Å². The zero-order chi connectivity index (χ0) is 9.73. The predicted molar refractivity (Wildman–Crippen MR) is 44.6 cm³/mol. The second kappa shape index (κ2) is 2.20. The zero-order valence-corrected chi connectivity index (χ0v) is 8.25. The third-order valence-corrected chi connectivity index (χ3v) is 2.36. The highest BCUT2D eigenvalue weighted by Gasteiger charge is 2.63. The number of hydrogen-bond acceptors (Lipinski definition) is 3. The summed E-state index contributed by atoms with van der Waals surface area (Å²) in [5.41, 5.74) is -1.21. The SMILES string of the molecule is CN1C(=O)C1(C)N(O)C(C)(C)C. The summed E-state index contributed by atoms with van der Waals surface area (Å²) in [6.45, 7) is 7.29. The molecule has 0 saturated carbocycles.